The van der Waals surface area contributed by atoms with Crippen LogP contribution in [0.15, 0.2) is 0 Å². The molecule has 2 atom stereocenters. The van der Waals surface area contributed by atoms with E-state index in [0.29, 0.717) is 9.09 Å². The minimum absolute atomic E-state index is 0.347. The van der Waals surface area contributed by atoms with Gasteiger partial charge < -0.3 is 10.4 Å². The van der Waals surface area contributed by atoms with Crippen molar-refractivity contribution in [1.82, 2.24) is 10.2 Å². The second-order valence-corrected chi connectivity index (χ2v) is 4.99. The zero-order valence-corrected chi connectivity index (χ0v) is 10.3. The Bertz CT molecular complexity index is 453. The van der Waals surface area contributed by atoms with E-state index in [4.69, 9.17) is 17.3 Å². The molecule has 1 amide bonds. The lowest BCUT2D eigenvalue weighted by Crippen LogP contribution is -2.29. The van der Waals surface area contributed by atoms with Crippen molar-refractivity contribution in [3.8, 4) is 0 Å². The summed E-state index contributed by atoms with van der Waals surface area (Å²) in [5, 5.41) is 17.9. The third-order valence-corrected chi connectivity index (χ3v) is 3.23. The molecule has 0 bridgehead atoms. The fraction of sp³-hybridized carbons (Fsp3) is 0.500. The van der Waals surface area contributed by atoms with Crippen molar-refractivity contribution in [2.75, 3.05) is 5.32 Å². The second kappa shape index (κ2) is 5.17. The van der Waals surface area contributed by atoms with E-state index in [2.05, 4.69) is 15.5 Å². The van der Waals surface area contributed by atoms with Crippen molar-refractivity contribution in [1.29, 1.82) is 0 Å². The quantitative estimate of drug-likeness (QED) is 0.714. The molecule has 0 fully saturated rings. The topological polar surface area (TPSA) is 95.1 Å². The average Bonchev–Trinajstić information content (AvgIpc) is 2.61. The van der Waals surface area contributed by atoms with E-state index in [0.717, 1.165) is 11.3 Å². The number of rotatable bonds is 4. The number of hydrogen-bond donors (Lipinski definition) is 3. The molecule has 3 N–H and O–H groups in total. The van der Waals surface area contributed by atoms with Gasteiger partial charge in [-0.25, -0.2) is 0 Å². The van der Waals surface area contributed by atoms with Crippen molar-refractivity contribution in [3.05, 3.63) is 3.95 Å². The van der Waals surface area contributed by atoms with Crippen molar-refractivity contribution < 1.29 is 14.7 Å². The fourth-order valence-electron chi connectivity index (χ4n) is 0.943. The van der Waals surface area contributed by atoms with Gasteiger partial charge in [0, 0.05) is 5.92 Å². The molecular formula is C8H11N3O3S2. The molecule has 1 aromatic heterocycles. The Balaban J connectivity index is 2.65. The van der Waals surface area contributed by atoms with Gasteiger partial charge in [-0.3, -0.25) is 14.7 Å². The summed E-state index contributed by atoms with van der Waals surface area (Å²) < 4.78 is 0.453. The van der Waals surface area contributed by atoms with E-state index in [1.165, 1.54) is 6.92 Å². The molecule has 1 aromatic rings. The number of aliphatic carboxylic acids is 1. The van der Waals surface area contributed by atoms with E-state index >= 15 is 0 Å². The van der Waals surface area contributed by atoms with Crippen molar-refractivity contribution >= 4 is 40.6 Å². The van der Waals surface area contributed by atoms with Gasteiger partial charge in [0.15, 0.2) is 3.95 Å². The van der Waals surface area contributed by atoms with Gasteiger partial charge in [0.1, 0.15) is 0 Å². The van der Waals surface area contributed by atoms with Gasteiger partial charge in [-0.05, 0) is 12.2 Å². The number of carboxylic acid groups (broad SMARTS) is 1. The summed E-state index contributed by atoms with van der Waals surface area (Å²) in [6.07, 6.45) is 0. The van der Waals surface area contributed by atoms with Crippen LogP contribution in [0, 0.1) is 15.8 Å². The molecule has 88 valence electrons. The number of amides is 1. The summed E-state index contributed by atoms with van der Waals surface area (Å²) in [6, 6.07) is 0. The van der Waals surface area contributed by atoms with Gasteiger partial charge in [-0.2, -0.15) is 0 Å². The Labute approximate surface area is 101 Å². The Morgan fingerprint density at radius 2 is 2.12 bits per heavy atom. The molecule has 6 nitrogen and oxygen atoms in total. The van der Waals surface area contributed by atoms with E-state index in [9.17, 15) is 9.59 Å². The average molecular weight is 261 g/mol. The van der Waals surface area contributed by atoms with Crippen molar-refractivity contribution in [2.24, 2.45) is 11.8 Å². The molecule has 1 heterocycles. The lowest BCUT2D eigenvalue weighted by molar-refractivity contribution is -0.145. The number of carbonyl (C=O) groups is 2. The number of nitrogens with zero attached hydrogens (tertiary/aromatic N) is 1. The summed E-state index contributed by atoms with van der Waals surface area (Å²) in [4.78, 5) is 22.3. The summed E-state index contributed by atoms with van der Waals surface area (Å²) in [6.45, 7) is 3.04. The maximum atomic E-state index is 11.6. The van der Waals surface area contributed by atoms with E-state index in [1.807, 2.05) is 0 Å². The van der Waals surface area contributed by atoms with Gasteiger partial charge in [0.05, 0.1) is 5.92 Å². The Morgan fingerprint density at radius 1 is 1.50 bits per heavy atom. The molecular weight excluding hydrogens is 250 g/mol. The first kappa shape index (κ1) is 12.8. The third-order valence-electron chi connectivity index (χ3n) is 2.22. The molecule has 1 rings (SSSR count). The Kier molecular flexibility index (Phi) is 4.13. The van der Waals surface area contributed by atoms with Crippen LogP contribution in [-0.4, -0.2) is 27.2 Å². The van der Waals surface area contributed by atoms with E-state index in [1.54, 1.807) is 6.92 Å². The molecule has 0 aliphatic carbocycles. The summed E-state index contributed by atoms with van der Waals surface area (Å²) in [5.41, 5.74) is 0. The first-order valence-electron chi connectivity index (χ1n) is 4.51. The van der Waals surface area contributed by atoms with Gasteiger partial charge >= 0.3 is 5.97 Å². The highest BCUT2D eigenvalue weighted by Crippen LogP contribution is 2.16. The number of aromatic amines is 1. The molecule has 0 saturated heterocycles. The number of anilines is 1. The predicted octanol–water partition coefficient (Wildman–Crippen LogP) is 1.50. The standard InChI is InChI=1S/C8H11N3O3S2/c1-3(4(2)6(13)14)5(12)9-7-10-11-8(15)16-7/h3-4H,1-2H3,(H,11,15)(H,13,14)(H,9,10,12). The van der Waals surface area contributed by atoms with Crippen LogP contribution in [0.5, 0.6) is 0 Å². The normalized spacial score (nSPS) is 14.1. The number of hydrogen-bond acceptors (Lipinski definition) is 5. The summed E-state index contributed by atoms with van der Waals surface area (Å²) in [7, 11) is 0. The highest BCUT2D eigenvalue weighted by atomic mass is 32.1. The molecule has 8 heteroatoms. The number of carbonyl (C=O) groups excluding carboxylic acids is 1. The molecule has 0 spiro atoms. The SMILES string of the molecule is CC(C(=O)O)C(C)C(=O)Nc1n[nH]c(=S)s1. The molecule has 0 aromatic carbocycles. The van der Waals surface area contributed by atoms with Crippen LogP contribution < -0.4 is 5.32 Å². The minimum Gasteiger partial charge on any atom is -0.481 e. The van der Waals surface area contributed by atoms with Gasteiger partial charge in [-0.1, -0.05) is 25.2 Å². The smallest absolute Gasteiger partial charge is 0.307 e. The third kappa shape index (κ3) is 3.11. The summed E-state index contributed by atoms with van der Waals surface area (Å²) in [5.74, 6) is -2.76. The molecule has 0 saturated carbocycles. The van der Waals surface area contributed by atoms with E-state index in [-0.39, 0.29) is 5.91 Å². The fourth-order valence-corrected chi connectivity index (χ4v) is 1.74. The highest BCUT2D eigenvalue weighted by molar-refractivity contribution is 7.73. The van der Waals surface area contributed by atoms with Gasteiger partial charge in [0.2, 0.25) is 11.0 Å². The molecule has 16 heavy (non-hydrogen) atoms. The molecule has 2 unspecified atom stereocenters. The highest BCUT2D eigenvalue weighted by Gasteiger charge is 2.26. The van der Waals surface area contributed by atoms with Crippen LogP contribution in [0.4, 0.5) is 5.13 Å². The zero-order chi connectivity index (χ0) is 12.3. The summed E-state index contributed by atoms with van der Waals surface area (Å²) >= 11 is 5.92. The maximum absolute atomic E-state index is 11.6. The minimum atomic E-state index is -1.00. The van der Waals surface area contributed by atoms with Crippen LogP contribution in [-0.2, 0) is 9.59 Å². The predicted molar refractivity (Wildman–Crippen MR) is 61.9 cm³/mol. The van der Waals surface area contributed by atoms with Crippen molar-refractivity contribution in [3.63, 3.8) is 0 Å². The second-order valence-electron chi connectivity index (χ2n) is 3.32. The Hall–Kier alpha value is -1.28. The lowest BCUT2D eigenvalue weighted by Gasteiger charge is -2.14. The lowest BCUT2D eigenvalue weighted by atomic mass is 9.95. The van der Waals surface area contributed by atoms with Crippen LogP contribution in [0.1, 0.15) is 13.8 Å². The van der Waals surface area contributed by atoms with Crippen LogP contribution in [0.2, 0.25) is 0 Å². The molecule has 0 radical (unpaired) electrons. The first-order chi connectivity index (χ1) is 7.41. The number of carboxylic acids is 1. The van der Waals surface area contributed by atoms with Crippen molar-refractivity contribution in [2.45, 2.75) is 13.8 Å². The van der Waals surface area contributed by atoms with Gasteiger partial charge in [0.25, 0.3) is 0 Å². The number of H-pyrrole nitrogens is 1. The van der Waals surface area contributed by atoms with Gasteiger partial charge in [-0.15, -0.1) is 5.10 Å². The number of aromatic nitrogens is 2. The number of nitrogens with one attached hydrogen (secondary N) is 2. The first-order valence-corrected chi connectivity index (χ1v) is 5.73. The Morgan fingerprint density at radius 3 is 2.56 bits per heavy atom. The molecule has 0 aliphatic heterocycles. The van der Waals surface area contributed by atoms with Crippen LogP contribution in [0.25, 0.3) is 0 Å². The van der Waals surface area contributed by atoms with Crippen LogP contribution in [0.3, 0.4) is 0 Å². The largest absolute Gasteiger partial charge is 0.481 e. The van der Waals surface area contributed by atoms with Crippen LogP contribution >= 0.6 is 23.6 Å². The molecule has 0 aliphatic rings. The maximum Gasteiger partial charge on any atom is 0.307 e. The monoisotopic (exact) mass is 261 g/mol. The van der Waals surface area contributed by atoms with E-state index < -0.39 is 17.8 Å². The zero-order valence-electron chi connectivity index (χ0n) is 8.68.